The van der Waals surface area contributed by atoms with Crippen molar-refractivity contribution in [1.29, 1.82) is 0 Å². The molecule has 0 radical (unpaired) electrons. The average Bonchev–Trinajstić information content (AvgIpc) is 3.22. The predicted molar refractivity (Wildman–Crippen MR) is 97.2 cm³/mol. The van der Waals surface area contributed by atoms with Gasteiger partial charge >= 0.3 is 5.97 Å². The number of likely N-dealkylation sites (N-methyl/N-ethyl adjacent to an activating group) is 1. The maximum absolute atomic E-state index is 12.4. The van der Waals surface area contributed by atoms with E-state index < -0.39 is 5.97 Å². The van der Waals surface area contributed by atoms with Crippen LogP contribution in [0.4, 0.5) is 0 Å². The molecule has 1 aliphatic heterocycles. The molecule has 1 aromatic carbocycles. The van der Waals surface area contributed by atoms with Crippen LogP contribution in [-0.4, -0.2) is 43.1 Å². The van der Waals surface area contributed by atoms with Crippen LogP contribution >= 0.6 is 0 Å². The zero-order valence-electron chi connectivity index (χ0n) is 15.1. The van der Waals surface area contributed by atoms with Crippen molar-refractivity contribution in [2.24, 2.45) is 0 Å². The normalized spacial score (nSPS) is 12.8. The molecule has 0 N–H and O–H groups in total. The molecule has 27 heavy (non-hydrogen) atoms. The fraction of sp³-hybridized carbons (Fsp3) is 0.300. The van der Waals surface area contributed by atoms with Crippen LogP contribution in [0.15, 0.2) is 47.1 Å². The van der Waals surface area contributed by atoms with Crippen LogP contribution in [-0.2, 0) is 20.9 Å². The van der Waals surface area contributed by atoms with E-state index in [1.54, 1.807) is 17.0 Å². The highest BCUT2D eigenvalue weighted by Crippen LogP contribution is 2.31. The second kappa shape index (κ2) is 8.93. The van der Waals surface area contributed by atoms with Gasteiger partial charge in [-0.25, -0.2) is 4.79 Å². The van der Waals surface area contributed by atoms with Crippen LogP contribution in [0, 0.1) is 0 Å². The second-order valence-corrected chi connectivity index (χ2v) is 5.84. The van der Waals surface area contributed by atoms with Gasteiger partial charge in [-0.05, 0) is 42.8 Å². The summed E-state index contributed by atoms with van der Waals surface area (Å²) in [6, 6.07) is 9.01. The van der Waals surface area contributed by atoms with Crippen molar-refractivity contribution in [3.8, 4) is 11.5 Å². The van der Waals surface area contributed by atoms with Gasteiger partial charge in [0.05, 0.1) is 6.26 Å². The van der Waals surface area contributed by atoms with E-state index in [1.165, 1.54) is 18.4 Å². The van der Waals surface area contributed by atoms with Crippen LogP contribution in [0.1, 0.15) is 18.2 Å². The summed E-state index contributed by atoms with van der Waals surface area (Å²) in [7, 11) is 0. The Bertz CT molecular complexity index is 812. The largest absolute Gasteiger partial charge is 0.486 e. The number of esters is 1. The Labute approximate surface area is 157 Å². The molecular weight excluding hydrogens is 350 g/mol. The van der Waals surface area contributed by atoms with Gasteiger partial charge in [0, 0.05) is 19.2 Å². The quantitative estimate of drug-likeness (QED) is 0.550. The topological polar surface area (TPSA) is 78.2 Å². The third-order valence-electron chi connectivity index (χ3n) is 3.98. The fourth-order valence-corrected chi connectivity index (χ4v) is 2.59. The number of benzene rings is 1. The van der Waals surface area contributed by atoms with Crippen molar-refractivity contribution in [1.82, 2.24) is 4.90 Å². The van der Waals surface area contributed by atoms with E-state index in [2.05, 4.69) is 0 Å². The number of rotatable bonds is 7. The highest BCUT2D eigenvalue weighted by Gasteiger charge is 2.17. The fourth-order valence-electron chi connectivity index (χ4n) is 2.59. The molecule has 3 rings (SSSR count). The highest BCUT2D eigenvalue weighted by molar-refractivity contribution is 5.88. The summed E-state index contributed by atoms with van der Waals surface area (Å²) in [4.78, 5) is 25.7. The first-order chi connectivity index (χ1) is 13.2. The van der Waals surface area contributed by atoms with Crippen molar-refractivity contribution in [3.05, 3.63) is 54.0 Å². The standard InChI is InChI=1S/C20H21NO6/c1-2-21(13-15-5-7-17-18(12-15)26-11-10-25-17)19(22)14-27-20(23)8-6-16-4-3-9-24-16/h3-9,12H,2,10-11,13-14H2,1H3/b8-6+. The molecule has 0 fully saturated rings. The molecule has 7 heteroatoms. The summed E-state index contributed by atoms with van der Waals surface area (Å²) in [6.07, 6.45) is 4.22. The number of fused-ring (bicyclic) bond motifs is 1. The molecule has 142 valence electrons. The van der Waals surface area contributed by atoms with Crippen LogP contribution in [0.2, 0.25) is 0 Å². The van der Waals surface area contributed by atoms with Gasteiger partial charge in [-0.15, -0.1) is 0 Å². The smallest absolute Gasteiger partial charge is 0.331 e. The van der Waals surface area contributed by atoms with E-state index in [0.717, 1.165) is 5.56 Å². The van der Waals surface area contributed by atoms with E-state index in [9.17, 15) is 9.59 Å². The van der Waals surface area contributed by atoms with Crippen molar-refractivity contribution >= 4 is 18.0 Å². The summed E-state index contributed by atoms with van der Waals surface area (Å²) in [6.45, 7) is 3.48. The lowest BCUT2D eigenvalue weighted by Gasteiger charge is -2.23. The summed E-state index contributed by atoms with van der Waals surface area (Å²) in [5.74, 6) is 1.04. The SMILES string of the molecule is CCN(Cc1ccc2c(c1)OCCO2)C(=O)COC(=O)/C=C/c1ccco1. The highest BCUT2D eigenvalue weighted by atomic mass is 16.6. The molecule has 0 unspecified atom stereocenters. The minimum Gasteiger partial charge on any atom is -0.486 e. The van der Waals surface area contributed by atoms with Gasteiger partial charge < -0.3 is 23.5 Å². The van der Waals surface area contributed by atoms with Crippen LogP contribution < -0.4 is 9.47 Å². The van der Waals surface area contributed by atoms with Crippen molar-refractivity contribution in [2.75, 3.05) is 26.4 Å². The zero-order valence-corrected chi connectivity index (χ0v) is 15.1. The lowest BCUT2D eigenvalue weighted by atomic mass is 10.2. The number of carbonyl (C=O) groups excluding carboxylic acids is 2. The van der Waals surface area contributed by atoms with Gasteiger partial charge in [0.25, 0.3) is 5.91 Å². The summed E-state index contributed by atoms with van der Waals surface area (Å²) < 4.78 is 21.2. The van der Waals surface area contributed by atoms with Gasteiger partial charge in [0.15, 0.2) is 18.1 Å². The van der Waals surface area contributed by atoms with E-state index in [-0.39, 0.29) is 12.5 Å². The molecule has 0 bridgehead atoms. The first-order valence-electron chi connectivity index (χ1n) is 8.70. The number of furan rings is 1. The van der Waals surface area contributed by atoms with Gasteiger partial charge in [-0.1, -0.05) is 6.07 Å². The summed E-state index contributed by atoms with van der Waals surface area (Å²) in [5, 5.41) is 0. The first kappa shape index (κ1) is 18.6. The summed E-state index contributed by atoms with van der Waals surface area (Å²) >= 11 is 0. The first-order valence-corrected chi connectivity index (χ1v) is 8.70. The average molecular weight is 371 g/mol. The van der Waals surface area contributed by atoms with Crippen LogP contribution in [0.25, 0.3) is 6.08 Å². The second-order valence-electron chi connectivity index (χ2n) is 5.84. The molecule has 0 atom stereocenters. The van der Waals surface area contributed by atoms with E-state index in [4.69, 9.17) is 18.6 Å². The summed E-state index contributed by atoms with van der Waals surface area (Å²) in [5.41, 5.74) is 0.915. The number of ether oxygens (including phenoxy) is 3. The molecule has 1 aliphatic rings. The Morgan fingerprint density at radius 2 is 2.00 bits per heavy atom. The molecule has 0 aliphatic carbocycles. The monoisotopic (exact) mass is 371 g/mol. The van der Waals surface area contributed by atoms with Gasteiger partial charge in [0.1, 0.15) is 19.0 Å². The number of hydrogen-bond donors (Lipinski definition) is 0. The molecule has 1 amide bonds. The minimum absolute atomic E-state index is 0.271. The Kier molecular flexibility index (Phi) is 6.14. The molecular formula is C20H21NO6. The number of nitrogens with zero attached hydrogens (tertiary/aromatic N) is 1. The number of carbonyl (C=O) groups is 2. The molecule has 0 saturated carbocycles. The van der Waals surface area contributed by atoms with E-state index >= 15 is 0 Å². The molecule has 2 heterocycles. The van der Waals surface area contributed by atoms with Gasteiger partial charge in [-0.2, -0.15) is 0 Å². The maximum atomic E-state index is 12.4. The predicted octanol–water partition coefficient (Wildman–Crippen LogP) is 2.66. The zero-order chi connectivity index (χ0) is 19.1. The Balaban J connectivity index is 1.52. The minimum atomic E-state index is -0.602. The lowest BCUT2D eigenvalue weighted by Crippen LogP contribution is -2.34. The molecule has 0 spiro atoms. The van der Waals surface area contributed by atoms with E-state index in [1.807, 2.05) is 25.1 Å². The third-order valence-corrected chi connectivity index (χ3v) is 3.98. The molecule has 2 aromatic rings. The Hall–Kier alpha value is -3.22. The van der Waals surface area contributed by atoms with Gasteiger partial charge in [-0.3, -0.25) is 4.79 Å². The molecule has 0 saturated heterocycles. The maximum Gasteiger partial charge on any atom is 0.331 e. The number of amides is 1. The van der Waals surface area contributed by atoms with Crippen LogP contribution in [0.3, 0.4) is 0 Å². The third kappa shape index (κ3) is 5.13. The van der Waals surface area contributed by atoms with Crippen molar-refractivity contribution in [3.63, 3.8) is 0 Å². The Morgan fingerprint density at radius 3 is 2.74 bits per heavy atom. The van der Waals surface area contributed by atoms with Crippen molar-refractivity contribution < 1.29 is 28.2 Å². The molecule has 7 nitrogen and oxygen atoms in total. The lowest BCUT2D eigenvalue weighted by molar-refractivity contribution is -0.148. The number of hydrogen-bond acceptors (Lipinski definition) is 6. The van der Waals surface area contributed by atoms with Crippen LogP contribution in [0.5, 0.6) is 11.5 Å². The van der Waals surface area contributed by atoms with Gasteiger partial charge in [0.2, 0.25) is 0 Å². The van der Waals surface area contributed by atoms with Crippen molar-refractivity contribution in [2.45, 2.75) is 13.5 Å². The van der Waals surface area contributed by atoms with E-state index in [0.29, 0.717) is 43.6 Å². The Morgan fingerprint density at radius 1 is 1.19 bits per heavy atom. The molecule has 1 aromatic heterocycles.